The molecule has 1 aromatic carbocycles. The van der Waals surface area contributed by atoms with Gasteiger partial charge in [-0.25, -0.2) is 0 Å². The molecule has 19 heavy (non-hydrogen) atoms. The second-order valence-electron chi connectivity index (χ2n) is 7.50. The summed E-state index contributed by atoms with van der Waals surface area (Å²) in [6.45, 7) is 13.9. The molecule has 0 radical (unpaired) electrons. The van der Waals surface area contributed by atoms with E-state index in [2.05, 4.69) is 59.7 Å². The Morgan fingerprint density at radius 1 is 1.11 bits per heavy atom. The van der Waals surface area contributed by atoms with Crippen LogP contribution in [0, 0.1) is 12.3 Å². The minimum absolute atomic E-state index is 0.0626. The first-order valence-electron chi connectivity index (χ1n) is 7.13. The second kappa shape index (κ2) is 5.64. The Hall–Kier alpha value is -0.860. The summed E-state index contributed by atoms with van der Waals surface area (Å²) in [5.41, 5.74) is 16.3. The van der Waals surface area contributed by atoms with Crippen LogP contribution in [0.2, 0.25) is 0 Å². The van der Waals surface area contributed by atoms with Crippen molar-refractivity contribution in [1.82, 2.24) is 0 Å². The normalized spacial score (nSPS) is 14.5. The van der Waals surface area contributed by atoms with Gasteiger partial charge in [0, 0.05) is 6.04 Å². The van der Waals surface area contributed by atoms with Gasteiger partial charge in [0.15, 0.2) is 0 Å². The molecule has 1 rings (SSSR count). The number of hydrogen-bond acceptors (Lipinski definition) is 2. The Morgan fingerprint density at radius 2 is 1.68 bits per heavy atom. The fourth-order valence-corrected chi connectivity index (χ4v) is 2.35. The lowest BCUT2D eigenvalue weighted by Gasteiger charge is -2.28. The van der Waals surface area contributed by atoms with Crippen LogP contribution in [0.25, 0.3) is 0 Å². The molecule has 1 atom stereocenters. The van der Waals surface area contributed by atoms with E-state index >= 15 is 0 Å². The highest BCUT2D eigenvalue weighted by atomic mass is 14.7. The maximum absolute atomic E-state index is 6.36. The second-order valence-corrected chi connectivity index (χ2v) is 7.50. The van der Waals surface area contributed by atoms with Gasteiger partial charge in [-0.15, -0.1) is 0 Å². The van der Waals surface area contributed by atoms with Gasteiger partial charge in [0.25, 0.3) is 0 Å². The Balaban J connectivity index is 2.97. The van der Waals surface area contributed by atoms with Crippen LogP contribution in [0.1, 0.15) is 63.8 Å². The standard InChI is InChI=1S/C17H30N2/c1-12-9-13(16(2,3)4)7-8-14(12)15(19)10-17(5,6)11-18/h7-9,15H,10-11,18-19H2,1-6H3. The first kappa shape index (κ1) is 16.2. The molecule has 108 valence electrons. The predicted octanol–water partition coefficient (Wildman–Crippen LogP) is 3.67. The average molecular weight is 262 g/mol. The Bertz CT molecular complexity index is 427. The number of hydrogen-bond donors (Lipinski definition) is 2. The van der Waals surface area contributed by atoms with Crippen LogP contribution in [0.15, 0.2) is 18.2 Å². The fourth-order valence-electron chi connectivity index (χ4n) is 2.35. The molecular weight excluding hydrogens is 232 g/mol. The summed E-state index contributed by atoms with van der Waals surface area (Å²) in [6.07, 6.45) is 0.916. The quantitative estimate of drug-likeness (QED) is 0.870. The molecule has 1 unspecified atom stereocenters. The van der Waals surface area contributed by atoms with Crippen LogP contribution in [0.5, 0.6) is 0 Å². The molecular formula is C17H30N2. The topological polar surface area (TPSA) is 52.0 Å². The summed E-state index contributed by atoms with van der Waals surface area (Å²) in [5.74, 6) is 0. The highest BCUT2D eigenvalue weighted by Gasteiger charge is 2.22. The van der Waals surface area contributed by atoms with Crippen molar-refractivity contribution in [3.8, 4) is 0 Å². The highest BCUT2D eigenvalue weighted by Crippen LogP contribution is 2.31. The van der Waals surface area contributed by atoms with E-state index in [1.807, 2.05) is 0 Å². The van der Waals surface area contributed by atoms with Crippen molar-refractivity contribution in [3.05, 3.63) is 34.9 Å². The van der Waals surface area contributed by atoms with E-state index in [0.717, 1.165) is 6.42 Å². The first-order chi connectivity index (χ1) is 8.57. The molecule has 0 saturated carbocycles. The van der Waals surface area contributed by atoms with Gasteiger partial charge in [-0.2, -0.15) is 0 Å². The summed E-state index contributed by atoms with van der Waals surface area (Å²) < 4.78 is 0. The lowest BCUT2D eigenvalue weighted by Crippen LogP contribution is -2.29. The molecule has 2 heteroatoms. The molecule has 2 nitrogen and oxygen atoms in total. The lowest BCUT2D eigenvalue weighted by atomic mass is 9.81. The highest BCUT2D eigenvalue weighted by molar-refractivity contribution is 5.36. The molecule has 0 heterocycles. The summed E-state index contributed by atoms with van der Waals surface area (Å²) >= 11 is 0. The van der Waals surface area contributed by atoms with E-state index in [4.69, 9.17) is 11.5 Å². The van der Waals surface area contributed by atoms with Crippen LogP contribution in [0.3, 0.4) is 0 Å². The average Bonchev–Trinajstić information content (AvgIpc) is 2.26. The first-order valence-corrected chi connectivity index (χ1v) is 7.13. The van der Waals surface area contributed by atoms with Gasteiger partial charge in [0.1, 0.15) is 0 Å². The predicted molar refractivity (Wildman–Crippen MR) is 84.3 cm³/mol. The number of benzene rings is 1. The van der Waals surface area contributed by atoms with E-state index in [0.29, 0.717) is 6.54 Å². The van der Waals surface area contributed by atoms with Gasteiger partial charge in [0.2, 0.25) is 0 Å². The zero-order valence-electron chi connectivity index (χ0n) is 13.4. The van der Waals surface area contributed by atoms with Crippen molar-refractivity contribution < 1.29 is 0 Å². The SMILES string of the molecule is Cc1cc(C(C)(C)C)ccc1C(N)CC(C)(C)CN. The zero-order valence-corrected chi connectivity index (χ0v) is 13.4. The van der Waals surface area contributed by atoms with Crippen molar-refractivity contribution in [2.45, 2.75) is 59.4 Å². The van der Waals surface area contributed by atoms with E-state index in [1.165, 1.54) is 16.7 Å². The van der Waals surface area contributed by atoms with Crippen molar-refractivity contribution in [2.24, 2.45) is 16.9 Å². The summed E-state index contributed by atoms with van der Waals surface area (Å²) in [4.78, 5) is 0. The molecule has 0 aromatic heterocycles. The summed E-state index contributed by atoms with van der Waals surface area (Å²) in [7, 11) is 0. The Labute approximate surface area is 118 Å². The molecule has 0 aliphatic carbocycles. The van der Waals surface area contributed by atoms with Gasteiger partial charge in [-0.1, -0.05) is 52.8 Å². The third kappa shape index (κ3) is 4.32. The van der Waals surface area contributed by atoms with Gasteiger partial charge in [-0.3, -0.25) is 0 Å². The molecule has 0 fully saturated rings. The maximum atomic E-state index is 6.36. The van der Waals surface area contributed by atoms with Gasteiger partial charge >= 0.3 is 0 Å². The fraction of sp³-hybridized carbons (Fsp3) is 0.647. The van der Waals surface area contributed by atoms with Gasteiger partial charge in [0.05, 0.1) is 0 Å². The molecule has 0 spiro atoms. The molecule has 0 amide bonds. The molecule has 0 aliphatic rings. The third-order valence-electron chi connectivity index (χ3n) is 3.86. The number of nitrogens with two attached hydrogens (primary N) is 2. The smallest absolute Gasteiger partial charge is 0.0303 e. The van der Waals surface area contributed by atoms with Crippen molar-refractivity contribution >= 4 is 0 Å². The maximum Gasteiger partial charge on any atom is 0.0303 e. The van der Waals surface area contributed by atoms with Gasteiger partial charge in [-0.05, 0) is 47.4 Å². The molecule has 1 aromatic rings. The minimum atomic E-state index is 0.0626. The molecule has 0 saturated heterocycles. The molecule has 0 bridgehead atoms. The van der Waals surface area contributed by atoms with Crippen LogP contribution in [-0.4, -0.2) is 6.54 Å². The number of aryl methyl sites for hydroxylation is 1. The largest absolute Gasteiger partial charge is 0.330 e. The van der Waals surface area contributed by atoms with E-state index in [9.17, 15) is 0 Å². The third-order valence-corrected chi connectivity index (χ3v) is 3.86. The minimum Gasteiger partial charge on any atom is -0.330 e. The van der Waals surface area contributed by atoms with Crippen LogP contribution in [0.4, 0.5) is 0 Å². The van der Waals surface area contributed by atoms with Crippen molar-refractivity contribution in [1.29, 1.82) is 0 Å². The van der Waals surface area contributed by atoms with E-state index in [-0.39, 0.29) is 16.9 Å². The lowest BCUT2D eigenvalue weighted by molar-refractivity contribution is 0.317. The zero-order chi connectivity index (χ0) is 14.8. The molecule has 4 N–H and O–H groups in total. The van der Waals surface area contributed by atoms with Gasteiger partial charge < -0.3 is 11.5 Å². The van der Waals surface area contributed by atoms with Crippen molar-refractivity contribution in [2.75, 3.05) is 6.54 Å². The summed E-state index contributed by atoms with van der Waals surface area (Å²) in [6, 6.07) is 6.72. The number of rotatable bonds is 4. The van der Waals surface area contributed by atoms with E-state index in [1.54, 1.807) is 0 Å². The monoisotopic (exact) mass is 262 g/mol. The van der Waals surface area contributed by atoms with Crippen LogP contribution >= 0.6 is 0 Å². The van der Waals surface area contributed by atoms with E-state index < -0.39 is 0 Å². The van der Waals surface area contributed by atoms with Crippen LogP contribution in [-0.2, 0) is 5.41 Å². The summed E-state index contributed by atoms with van der Waals surface area (Å²) in [5, 5.41) is 0. The van der Waals surface area contributed by atoms with Crippen LogP contribution < -0.4 is 11.5 Å². The Kier molecular flexibility index (Phi) is 4.81. The van der Waals surface area contributed by atoms with Crippen molar-refractivity contribution in [3.63, 3.8) is 0 Å². The Morgan fingerprint density at radius 3 is 2.11 bits per heavy atom. The molecule has 0 aliphatic heterocycles.